The van der Waals surface area contributed by atoms with Crippen molar-refractivity contribution in [1.82, 2.24) is 0 Å². The summed E-state index contributed by atoms with van der Waals surface area (Å²) in [6.07, 6.45) is 0.604. The molecule has 64 valence electrons. The van der Waals surface area contributed by atoms with Crippen LogP contribution < -0.4 is 5.06 Å². The van der Waals surface area contributed by atoms with Crippen LogP contribution in [-0.4, -0.2) is 38.0 Å². The Kier molecular flexibility index (Phi) is 7.00. The monoisotopic (exact) mass is 171 g/mol. The molecule has 0 heterocycles. The van der Waals surface area contributed by atoms with Crippen LogP contribution in [0.5, 0.6) is 0 Å². The topological polar surface area (TPSA) is 81.9 Å². The maximum Gasteiger partial charge on any atom is 0.104 e. The van der Waals surface area contributed by atoms with Gasteiger partial charge in [-0.2, -0.15) is 5.06 Å². The van der Waals surface area contributed by atoms with Crippen molar-refractivity contribution in [2.24, 2.45) is 0 Å². The average Bonchev–Trinajstić information content (AvgIpc) is 1.61. The number of nitrogens with one attached hydrogen (secondary N) is 1. The van der Waals surface area contributed by atoms with Crippen LogP contribution in [0.3, 0.4) is 0 Å². The quantitative estimate of drug-likeness (QED) is 0.355. The van der Waals surface area contributed by atoms with E-state index in [1.165, 1.54) is 0 Å². The number of hydrogen-bond donors (Lipinski definition) is 2. The molecule has 1 unspecified atom stereocenters. The molecule has 0 bridgehead atoms. The Hall–Kier alpha value is -0.170. The molecule has 0 rings (SSSR count). The molecule has 10 heavy (non-hydrogen) atoms. The molecule has 1 atom stereocenters. The van der Waals surface area contributed by atoms with E-state index in [0.29, 0.717) is 11.3 Å². The van der Waals surface area contributed by atoms with Crippen molar-refractivity contribution in [3.63, 3.8) is 0 Å². The number of quaternary nitrogens is 1. The van der Waals surface area contributed by atoms with Crippen LogP contribution in [0.2, 0.25) is 0 Å². The van der Waals surface area contributed by atoms with Crippen molar-refractivity contribution >= 4 is 10.1 Å². The first-order valence-corrected chi connectivity index (χ1v) is 4.51. The third kappa shape index (κ3) is 109. The van der Waals surface area contributed by atoms with E-state index in [9.17, 15) is 0 Å². The molecule has 5 nitrogen and oxygen atoms in total. The van der Waals surface area contributed by atoms with E-state index in [1.807, 2.05) is 6.92 Å². The van der Waals surface area contributed by atoms with Crippen molar-refractivity contribution in [3.05, 3.63) is 0 Å². The molecular formula is C4H13NO4S. The van der Waals surface area contributed by atoms with Gasteiger partial charge in [0, 0.05) is 6.26 Å². The summed E-state index contributed by atoms with van der Waals surface area (Å²) in [4.78, 5) is 0. The summed E-state index contributed by atoms with van der Waals surface area (Å²) >= 11 is 0. The summed E-state index contributed by atoms with van der Waals surface area (Å²) in [6, 6.07) is 0. The Labute approximate surface area is 61.0 Å². The van der Waals surface area contributed by atoms with Gasteiger partial charge < -0.3 is 4.55 Å². The van der Waals surface area contributed by atoms with E-state index in [2.05, 4.69) is 0 Å². The molecule has 0 aliphatic heterocycles. The molecule has 0 amide bonds. The van der Waals surface area contributed by atoms with Gasteiger partial charge in [-0.1, -0.05) is 0 Å². The Balaban J connectivity index is 0. The van der Waals surface area contributed by atoms with Crippen LogP contribution in [0.4, 0.5) is 0 Å². The number of rotatable bonds is 1. The molecule has 0 aromatic carbocycles. The van der Waals surface area contributed by atoms with E-state index in [1.54, 1.807) is 7.05 Å². The molecule has 0 fully saturated rings. The van der Waals surface area contributed by atoms with Crippen LogP contribution in [0, 0.1) is 0 Å². The molecule has 0 spiro atoms. The molecule has 0 aliphatic carbocycles. The Morgan fingerprint density at radius 2 is 1.70 bits per heavy atom. The Bertz CT molecular complexity index is 143. The lowest BCUT2D eigenvalue weighted by atomic mass is 10.8. The van der Waals surface area contributed by atoms with Crippen molar-refractivity contribution < 1.29 is 23.2 Å². The third-order valence-electron chi connectivity index (χ3n) is 0.512. The highest BCUT2D eigenvalue weighted by molar-refractivity contribution is 7.84. The van der Waals surface area contributed by atoms with Crippen molar-refractivity contribution in [1.29, 1.82) is 0 Å². The van der Waals surface area contributed by atoms with E-state index >= 15 is 0 Å². The predicted molar refractivity (Wildman–Crippen MR) is 34.8 cm³/mol. The minimum absolute atomic E-state index is 0.505. The second-order valence-electron chi connectivity index (χ2n) is 1.79. The summed E-state index contributed by atoms with van der Waals surface area (Å²) in [5.74, 6) is 0. The lowest BCUT2D eigenvalue weighted by Gasteiger charge is -1.93. The van der Waals surface area contributed by atoms with Gasteiger partial charge in [-0.25, -0.2) is 13.6 Å². The van der Waals surface area contributed by atoms with Gasteiger partial charge in [0.2, 0.25) is 0 Å². The van der Waals surface area contributed by atoms with E-state index < -0.39 is 10.1 Å². The molecule has 0 saturated heterocycles. The zero-order valence-corrected chi connectivity index (χ0v) is 7.10. The smallest absolute Gasteiger partial charge is 0.104 e. The second kappa shape index (κ2) is 5.60. The standard InChI is InChI=1S/C3H9NO.CH4O3S/c1-3-4(2)5;1-5(2,3)4/h5H,3H2,1-2H3;1H3,(H,2,3,4). The first-order chi connectivity index (χ1) is 4.27. The van der Waals surface area contributed by atoms with Gasteiger partial charge in [0.25, 0.3) is 0 Å². The maximum atomic E-state index is 9.08. The van der Waals surface area contributed by atoms with Gasteiger partial charge in [0.05, 0.1) is 17.2 Å². The summed E-state index contributed by atoms with van der Waals surface area (Å²) < 4.78 is 27.2. The fraction of sp³-hybridized carbons (Fsp3) is 1.00. The lowest BCUT2D eigenvalue weighted by molar-refractivity contribution is -1.07. The zero-order chi connectivity index (χ0) is 8.78. The average molecular weight is 171 g/mol. The van der Waals surface area contributed by atoms with Gasteiger partial charge in [-0.05, 0) is 6.92 Å². The van der Waals surface area contributed by atoms with Crippen LogP contribution >= 0.6 is 0 Å². The molecule has 0 radical (unpaired) electrons. The van der Waals surface area contributed by atoms with Crippen LogP contribution in [-0.2, 0) is 10.1 Å². The van der Waals surface area contributed by atoms with E-state index in [4.69, 9.17) is 18.2 Å². The minimum Gasteiger partial charge on any atom is -0.748 e. The summed E-state index contributed by atoms with van der Waals surface area (Å²) in [5.41, 5.74) is 0. The molecule has 6 heteroatoms. The summed E-state index contributed by atoms with van der Waals surface area (Å²) in [6.45, 7) is 2.69. The highest BCUT2D eigenvalue weighted by Crippen LogP contribution is 1.59. The number of hydroxylamine groups is 2. The van der Waals surface area contributed by atoms with E-state index in [-0.39, 0.29) is 0 Å². The van der Waals surface area contributed by atoms with Crippen molar-refractivity contribution in [2.45, 2.75) is 6.92 Å². The first kappa shape index (κ1) is 12.5. The molecule has 0 aliphatic rings. The second-order valence-corrected chi connectivity index (χ2v) is 3.20. The first-order valence-electron chi connectivity index (χ1n) is 2.69. The highest BCUT2D eigenvalue weighted by Gasteiger charge is 1.79. The van der Waals surface area contributed by atoms with Gasteiger partial charge >= 0.3 is 0 Å². The van der Waals surface area contributed by atoms with Crippen LogP contribution in [0.1, 0.15) is 6.92 Å². The van der Waals surface area contributed by atoms with Crippen molar-refractivity contribution in [2.75, 3.05) is 19.8 Å². The SMILES string of the molecule is CC[NH+](C)O.CS(=O)(=O)[O-]. The Morgan fingerprint density at radius 3 is 1.70 bits per heavy atom. The zero-order valence-electron chi connectivity index (χ0n) is 6.29. The summed E-state index contributed by atoms with van der Waals surface area (Å²) in [7, 11) is -2.22. The van der Waals surface area contributed by atoms with Crippen molar-refractivity contribution in [3.8, 4) is 0 Å². The molecule has 2 N–H and O–H groups in total. The van der Waals surface area contributed by atoms with Gasteiger partial charge in [-0.3, -0.25) is 0 Å². The summed E-state index contributed by atoms with van der Waals surface area (Å²) in [5, 5.41) is 8.78. The third-order valence-corrected chi connectivity index (χ3v) is 0.512. The fourth-order valence-corrected chi connectivity index (χ4v) is 0. The fourth-order valence-electron chi connectivity index (χ4n) is 0. The molecule has 0 aromatic rings. The predicted octanol–water partition coefficient (Wildman–Crippen LogP) is -1.93. The molecular weight excluding hydrogens is 158 g/mol. The van der Waals surface area contributed by atoms with Gasteiger partial charge in [-0.15, -0.1) is 0 Å². The van der Waals surface area contributed by atoms with Crippen LogP contribution in [0.25, 0.3) is 0 Å². The lowest BCUT2D eigenvalue weighted by Crippen LogP contribution is -3.06. The molecule has 0 aromatic heterocycles. The Morgan fingerprint density at radius 1 is 1.60 bits per heavy atom. The number of hydrogen-bond acceptors (Lipinski definition) is 4. The van der Waals surface area contributed by atoms with Gasteiger partial charge in [0.1, 0.15) is 6.54 Å². The van der Waals surface area contributed by atoms with E-state index in [0.717, 1.165) is 6.54 Å². The van der Waals surface area contributed by atoms with Crippen LogP contribution in [0.15, 0.2) is 0 Å². The minimum atomic E-state index is -3.92. The maximum absolute atomic E-state index is 9.08. The molecule has 0 saturated carbocycles. The van der Waals surface area contributed by atoms with Gasteiger partial charge in [0.15, 0.2) is 0 Å². The highest BCUT2D eigenvalue weighted by atomic mass is 32.2. The largest absolute Gasteiger partial charge is 0.748 e. The normalized spacial score (nSPS) is 13.3.